The number of amides is 1. The molecule has 1 fully saturated rings. The van der Waals surface area contributed by atoms with Crippen molar-refractivity contribution in [1.29, 1.82) is 0 Å². The minimum absolute atomic E-state index is 0.0651. The number of hydrogen-bond acceptors (Lipinski definition) is 3. The van der Waals surface area contributed by atoms with Crippen molar-refractivity contribution in [2.75, 3.05) is 13.1 Å². The van der Waals surface area contributed by atoms with E-state index in [9.17, 15) is 9.59 Å². The van der Waals surface area contributed by atoms with E-state index in [1.54, 1.807) is 4.68 Å². The van der Waals surface area contributed by atoms with Crippen LogP contribution in [0.5, 0.6) is 0 Å². The molecule has 7 heteroatoms. The quantitative estimate of drug-likeness (QED) is 0.385. The van der Waals surface area contributed by atoms with Crippen molar-refractivity contribution in [3.8, 4) is 5.69 Å². The van der Waals surface area contributed by atoms with Crippen molar-refractivity contribution in [3.05, 3.63) is 122 Å². The Morgan fingerprint density at radius 1 is 0.917 bits per heavy atom. The van der Waals surface area contributed by atoms with Crippen LogP contribution in [0.25, 0.3) is 5.69 Å². The van der Waals surface area contributed by atoms with E-state index >= 15 is 0 Å². The lowest BCUT2D eigenvalue weighted by Crippen LogP contribution is -2.44. The summed E-state index contributed by atoms with van der Waals surface area (Å²) in [6.45, 7) is 2.28. The molecule has 1 aliphatic heterocycles. The molecule has 5 rings (SSSR count). The van der Waals surface area contributed by atoms with Gasteiger partial charge >= 0.3 is 0 Å². The number of primary amides is 1. The monoisotopic (exact) mass is 544 g/mol. The van der Waals surface area contributed by atoms with Crippen molar-refractivity contribution in [2.45, 2.75) is 24.8 Å². The molecule has 0 spiro atoms. The van der Waals surface area contributed by atoms with Crippen LogP contribution < -0.4 is 11.3 Å². The van der Waals surface area contributed by atoms with E-state index in [1.165, 1.54) is 5.56 Å². The summed E-state index contributed by atoms with van der Waals surface area (Å²) in [4.78, 5) is 27.8. The Bertz CT molecular complexity index is 1440. The number of benzene rings is 3. The van der Waals surface area contributed by atoms with Gasteiger partial charge in [-0.3, -0.25) is 19.2 Å². The molecule has 0 aliphatic carbocycles. The van der Waals surface area contributed by atoms with Gasteiger partial charge in [0, 0.05) is 24.6 Å². The number of para-hydroxylation sites is 1. The molecule has 1 amide bonds. The first kappa shape index (κ1) is 24.3. The summed E-state index contributed by atoms with van der Waals surface area (Å²) in [5, 5.41) is 0. The first-order valence-electron chi connectivity index (χ1n) is 12.1. The molecule has 36 heavy (non-hydrogen) atoms. The van der Waals surface area contributed by atoms with E-state index < -0.39 is 5.91 Å². The van der Waals surface area contributed by atoms with E-state index in [-0.39, 0.29) is 11.0 Å². The summed E-state index contributed by atoms with van der Waals surface area (Å²) in [5.74, 6) is -0.399. The molecule has 0 bridgehead atoms. The van der Waals surface area contributed by atoms with Gasteiger partial charge in [-0.2, -0.15) is 0 Å². The van der Waals surface area contributed by atoms with Crippen molar-refractivity contribution in [1.82, 2.24) is 14.3 Å². The summed E-state index contributed by atoms with van der Waals surface area (Å²) in [6, 6.07) is 27.8. The molecule has 0 radical (unpaired) electrons. The maximum absolute atomic E-state index is 13.1. The summed E-state index contributed by atoms with van der Waals surface area (Å²) in [6.07, 6.45) is 1.68. The van der Waals surface area contributed by atoms with Gasteiger partial charge in [0.15, 0.2) is 0 Å². The highest BCUT2D eigenvalue weighted by Gasteiger charge is 2.40. The molecule has 1 aromatic heterocycles. The van der Waals surface area contributed by atoms with Gasteiger partial charge in [-0.1, -0.05) is 66.7 Å². The van der Waals surface area contributed by atoms with Crippen LogP contribution in [-0.2, 0) is 19.0 Å². The average Bonchev–Trinajstić information content (AvgIpc) is 3.13. The van der Waals surface area contributed by atoms with Gasteiger partial charge in [0.2, 0.25) is 5.91 Å². The molecular weight excluding hydrogens is 516 g/mol. The number of piperidine rings is 1. The zero-order valence-electron chi connectivity index (χ0n) is 20.2. The molecule has 1 saturated heterocycles. The number of nitrogens with two attached hydrogens (primary N) is 1. The Balaban J connectivity index is 1.46. The summed E-state index contributed by atoms with van der Waals surface area (Å²) >= 11 is 3.57. The lowest BCUT2D eigenvalue weighted by atomic mass is 9.66. The minimum atomic E-state index is -0.399. The Labute approximate surface area is 219 Å². The lowest BCUT2D eigenvalue weighted by molar-refractivity contribution is 0.0995. The molecule has 1 aliphatic rings. The van der Waals surface area contributed by atoms with Gasteiger partial charge in [0.05, 0.1) is 11.4 Å². The number of rotatable bonds is 6. The number of carbonyl (C=O) groups is 1. The van der Waals surface area contributed by atoms with Crippen LogP contribution in [0.1, 0.15) is 40.0 Å². The van der Waals surface area contributed by atoms with Gasteiger partial charge in [-0.05, 0) is 71.2 Å². The van der Waals surface area contributed by atoms with E-state index in [4.69, 9.17) is 5.73 Å². The molecule has 4 aromatic rings. The van der Waals surface area contributed by atoms with E-state index in [2.05, 4.69) is 45.1 Å². The second kappa shape index (κ2) is 9.91. The number of likely N-dealkylation sites (tertiary alicyclic amines) is 1. The zero-order chi connectivity index (χ0) is 25.3. The predicted molar refractivity (Wildman–Crippen MR) is 145 cm³/mol. The molecule has 0 unspecified atom stereocenters. The number of aromatic nitrogens is 2. The van der Waals surface area contributed by atoms with E-state index in [0.29, 0.717) is 16.6 Å². The Hall–Kier alpha value is -3.42. The van der Waals surface area contributed by atoms with Crippen LogP contribution in [0.4, 0.5) is 0 Å². The fourth-order valence-corrected chi connectivity index (χ4v) is 6.09. The Kier molecular flexibility index (Phi) is 6.69. The maximum atomic E-state index is 13.1. The Morgan fingerprint density at radius 2 is 1.50 bits per heavy atom. The largest absolute Gasteiger partial charge is 0.366 e. The third-order valence-corrected chi connectivity index (χ3v) is 8.24. The topological polar surface area (TPSA) is 73.3 Å². The first-order chi connectivity index (χ1) is 17.4. The first-order valence-corrected chi connectivity index (χ1v) is 12.9. The van der Waals surface area contributed by atoms with Crippen LogP contribution >= 0.6 is 15.9 Å². The average molecular weight is 545 g/mol. The molecule has 2 heterocycles. The van der Waals surface area contributed by atoms with E-state index in [0.717, 1.165) is 42.9 Å². The third-order valence-electron chi connectivity index (χ3n) is 7.44. The van der Waals surface area contributed by atoms with Crippen LogP contribution in [0.3, 0.4) is 0 Å². The molecule has 184 valence electrons. The summed E-state index contributed by atoms with van der Waals surface area (Å²) in [5.41, 5.74) is 9.97. The van der Waals surface area contributed by atoms with E-state index in [1.807, 2.05) is 72.4 Å². The highest BCUT2D eigenvalue weighted by molar-refractivity contribution is 9.10. The van der Waals surface area contributed by atoms with Crippen molar-refractivity contribution in [3.63, 3.8) is 0 Å². The smallest absolute Gasteiger partial charge is 0.286 e. The van der Waals surface area contributed by atoms with Gasteiger partial charge in [-0.15, -0.1) is 0 Å². The highest BCUT2D eigenvalue weighted by atomic mass is 79.9. The second-order valence-electron chi connectivity index (χ2n) is 9.37. The lowest BCUT2D eigenvalue weighted by Gasteiger charge is -2.43. The van der Waals surface area contributed by atoms with Gasteiger partial charge in [0.1, 0.15) is 4.47 Å². The van der Waals surface area contributed by atoms with Gasteiger partial charge in [0.25, 0.3) is 5.56 Å². The van der Waals surface area contributed by atoms with Crippen molar-refractivity contribution >= 4 is 21.8 Å². The fourth-order valence-electron chi connectivity index (χ4n) is 5.54. The standard InChI is InChI=1S/C29H29BrN4O2/c1-32-25(26(30)28(36)34(32)22-12-6-3-7-13-22)20-33-18-16-29(17-19-33,21-10-4-2-5-11-21)24-15-9-8-14-23(24)27(31)35/h2-15H,16-20H2,1H3,(H2,31,35). The van der Waals surface area contributed by atoms with Crippen LogP contribution in [0.15, 0.2) is 94.2 Å². The molecular formula is C29H29BrN4O2. The number of hydrogen-bond donors (Lipinski definition) is 1. The zero-order valence-corrected chi connectivity index (χ0v) is 21.8. The molecule has 0 saturated carbocycles. The normalized spacial score (nSPS) is 15.6. The van der Waals surface area contributed by atoms with Crippen molar-refractivity contribution < 1.29 is 4.79 Å². The van der Waals surface area contributed by atoms with Gasteiger partial charge < -0.3 is 5.73 Å². The van der Waals surface area contributed by atoms with Crippen LogP contribution in [0, 0.1) is 0 Å². The summed E-state index contributed by atoms with van der Waals surface area (Å²) < 4.78 is 4.22. The predicted octanol–water partition coefficient (Wildman–Crippen LogP) is 4.62. The van der Waals surface area contributed by atoms with Crippen LogP contribution in [0.2, 0.25) is 0 Å². The SMILES string of the molecule is Cn1c(CN2CCC(c3ccccc3)(c3ccccc3C(N)=O)CC2)c(Br)c(=O)n1-c1ccccc1. The fraction of sp³-hybridized carbons (Fsp3) is 0.241. The van der Waals surface area contributed by atoms with Crippen LogP contribution in [-0.4, -0.2) is 33.3 Å². The Morgan fingerprint density at radius 3 is 2.14 bits per heavy atom. The third kappa shape index (κ3) is 4.22. The highest BCUT2D eigenvalue weighted by Crippen LogP contribution is 2.43. The number of carbonyl (C=O) groups excluding carboxylic acids is 1. The minimum Gasteiger partial charge on any atom is -0.366 e. The molecule has 2 N–H and O–H groups in total. The molecule has 3 aromatic carbocycles. The molecule has 6 nitrogen and oxygen atoms in total. The number of halogens is 1. The maximum Gasteiger partial charge on any atom is 0.286 e. The number of nitrogens with zero attached hydrogens (tertiary/aromatic N) is 3. The molecule has 0 atom stereocenters. The summed E-state index contributed by atoms with van der Waals surface area (Å²) in [7, 11) is 1.93. The second-order valence-corrected chi connectivity index (χ2v) is 10.2. The van der Waals surface area contributed by atoms with Crippen molar-refractivity contribution in [2.24, 2.45) is 12.8 Å². The van der Waals surface area contributed by atoms with Gasteiger partial charge in [-0.25, -0.2) is 4.68 Å².